The molecule has 7 heteroatoms. The van der Waals surface area contributed by atoms with Crippen molar-refractivity contribution in [2.75, 3.05) is 5.32 Å². The SMILES string of the molecule is CC(=O)c1ccc(NC(=O)[C@H](C)OC(=O)c2c(F)cccc2F)cc1. The molecule has 0 spiro atoms. The fourth-order valence-electron chi connectivity index (χ4n) is 2.00. The van der Waals surface area contributed by atoms with Gasteiger partial charge < -0.3 is 10.1 Å². The molecular weight excluding hydrogens is 332 g/mol. The summed E-state index contributed by atoms with van der Waals surface area (Å²) < 4.78 is 31.9. The second-order valence-electron chi connectivity index (χ2n) is 5.27. The van der Waals surface area contributed by atoms with E-state index in [1.807, 2.05) is 0 Å². The Kier molecular flexibility index (Phi) is 5.59. The first kappa shape index (κ1) is 18.3. The quantitative estimate of drug-likeness (QED) is 0.665. The van der Waals surface area contributed by atoms with Crippen LogP contribution in [-0.2, 0) is 9.53 Å². The predicted octanol–water partition coefficient (Wildman–Crippen LogP) is 3.35. The molecule has 2 aromatic rings. The number of ketones is 1. The monoisotopic (exact) mass is 347 g/mol. The van der Waals surface area contributed by atoms with Gasteiger partial charge in [-0.15, -0.1) is 0 Å². The number of anilines is 1. The lowest BCUT2D eigenvalue weighted by Gasteiger charge is -2.14. The molecule has 0 aliphatic rings. The number of halogens is 2. The summed E-state index contributed by atoms with van der Waals surface area (Å²) in [6.45, 7) is 2.69. The van der Waals surface area contributed by atoms with Gasteiger partial charge in [0, 0.05) is 11.3 Å². The number of amides is 1. The Balaban J connectivity index is 2.02. The first-order valence-electron chi connectivity index (χ1n) is 7.36. The van der Waals surface area contributed by atoms with E-state index in [2.05, 4.69) is 5.32 Å². The van der Waals surface area contributed by atoms with E-state index in [1.54, 1.807) is 0 Å². The summed E-state index contributed by atoms with van der Waals surface area (Å²) in [6, 6.07) is 9.04. The number of carbonyl (C=O) groups excluding carboxylic acids is 3. The van der Waals surface area contributed by atoms with Gasteiger partial charge in [0.2, 0.25) is 0 Å². The molecule has 0 bridgehead atoms. The van der Waals surface area contributed by atoms with Crippen LogP contribution in [-0.4, -0.2) is 23.8 Å². The minimum absolute atomic E-state index is 0.118. The highest BCUT2D eigenvalue weighted by atomic mass is 19.1. The van der Waals surface area contributed by atoms with Gasteiger partial charge in [-0.2, -0.15) is 0 Å². The van der Waals surface area contributed by atoms with Crippen LogP contribution in [0.3, 0.4) is 0 Å². The number of carbonyl (C=O) groups is 3. The van der Waals surface area contributed by atoms with Crippen LogP contribution in [0.1, 0.15) is 34.6 Å². The summed E-state index contributed by atoms with van der Waals surface area (Å²) >= 11 is 0. The molecule has 130 valence electrons. The molecule has 5 nitrogen and oxygen atoms in total. The smallest absolute Gasteiger partial charge is 0.344 e. The Morgan fingerprint density at radius 3 is 2.08 bits per heavy atom. The van der Waals surface area contributed by atoms with Crippen molar-refractivity contribution in [1.29, 1.82) is 0 Å². The van der Waals surface area contributed by atoms with Crippen molar-refractivity contribution in [2.45, 2.75) is 20.0 Å². The molecule has 0 radical (unpaired) electrons. The van der Waals surface area contributed by atoms with Gasteiger partial charge in [0.25, 0.3) is 5.91 Å². The summed E-state index contributed by atoms with van der Waals surface area (Å²) in [7, 11) is 0. The molecule has 1 atom stereocenters. The molecule has 25 heavy (non-hydrogen) atoms. The number of rotatable bonds is 5. The highest BCUT2D eigenvalue weighted by molar-refractivity contribution is 5.98. The third-order valence-corrected chi connectivity index (χ3v) is 3.38. The summed E-state index contributed by atoms with van der Waals surface area (Å²) in [4.78, 5) is 35.1. The van der Waals surface area contributed by atoms with Gasteiger partial charge in [0.15, 0.2) is 11.9 Å². The van der Waals surface area contributed by atoms with Gasteiger partial charge in [-0.1, -0.05) is 6.07 Å². The lowest BCUT2D eigenvalue weighted by atomic mass is 10.1. The van der Waals surface area contributed by atoms with Crippen molar-refractivity contribution in [1.82, 2.24) is 0 Å². The Morgan fingerprint density at radius 1 is 1.00 bits per heavy atom. The average Bonchev–Trinajstić information content (AvgIpc) is 2.55. The number of benzene rings is 2. The maximum Gasteiger partial charge on any atom is 0.344 e. The molecular formula is C18H15F2NO4. The Bertz CT molecular complexity index is 798. The van der Waals surface area contributed by atoms with Crippen molar-refractivity contribution >= 4 is 23.3 Å². The maximum atomic E-state index is 13.5. The van der Waals surface area contributed by atoms with Gasteiger partial charge in [-0.05, 0) is 50.2 Å². The molecule has 1 amide bonds. The molecule has 0 aromatic heterocycles. The summed E-state index contributed by atoms with van der Waals surface area (Å²) in [6.07, 6.45) is -1.28. The number of hydrogen-bond donors (Lipinski definition) is 1. The number of ether oxygens (including phenoxy) is 1. The lowest BCUT2D eigenvalue weighted by Crippen LogP contribution is -2.30. The third-order valence-electron chi connectivity index (χ3n) is 3.38. The molecule has 0 saturated heterocycles. The van der Waals surface area contributed by atoms with Crippen LogP contribution in [0.15, 0.2) is 42.5 Å². The number of hydrogen-bond acceptors (Lipinski definition) is 4. The van der Waals surface area contributed by atoms with E-state index in [0.717, 1.165) is 18.2 Å². The molecule has 0 unspecified atom stereocenters. The minimum atomic E-state index is -1.28. The number of nitrogens with one attached hydrogen (secondary N) is 1. The van der Waals surface area contributed by atoms with Gasteiger partial charge in [0.1, 0.15) is 17.2 Å². The fraction of sp³-hybridized carbons (Fsp3) is 0.167. The van der Waals surface area contributed by atoms with E-state index in [4.69, 9.17) is 4.74 Å². The van der Waals surface area contributed by atoms with Crippen molar-refractivity contribution in [3.8, 4) is 0 Å². The Morgan fingerprint density at radius 2 is 1.56 bits per heavy atom. The predicted molar refractivity (Wildman–Crippen MR) is 86.3 cm³/mol. The van der Waals surface area contributed by atoms with E-state index in [-0.39, 0.29) is 5.78 Å². The van der Waals surface area contributed by atoms with Crippen LogP contribution < -0.4 is 5.32 Å². The van der Waals surface area contributed by atoms with Crippen LogP contribution in [0.4, 0.5) is 14.5 Å². The van der Waals surface area contributed by atoms with Gasteiger partial charge in [-0.3, -0.25) is 9.59 Å². The van der Waals surface area contributed by atoms with Gasteiger partial charge in [-0.25, -0.2) is 13.6 Å². The fourth-order valence-corrected chi connectivity index (χ4v) is 2.00. The Hall–Kier alpha value is -3.09. The molecule has 0 aliphatic heterocycles. The lowest BCUT2D eigenvalue weighted by molar-refractivity contribution is -0.123. The first-order chi connectivity index (χ1) is 11.8. The zero-order valence-electron chi connectivity index (χ0n) is 13.5. The van der Waals surface area contributed by atoms with Crippen LogP contribution in [0, 0.1) is 11.6 Å². The van der Waals surface area contributed by atoms with Crippen molar-refractivity contribution in [3.05, 3.63) is 65.2 Å². The zero-order valence-corrected chi connectivity index (χ0v) is 13.5. The molecule has 0 heterocycles. The van der Waals surface area contributed by atoms with E-state index in [9.17, 15) is 23.2 Å². The van der Waals surface area contributed by atoms with E-state index in [0.29, 0.717) is 11.3 Å². The van der Waals surface area contributed by atoms with Crippen LogP contribution in [0.2, 0.25) is 0 Å². The molecule has 2 aromatic carbocycles. The molecule has 0 saturated carbocycles. The molecule has 1 N–H and O–H groups in total. The van der Waals surface area contributed by atoms with Gasteiger partial charge >= 0.3 is 5.97 Å². The minimum Gasteiger partial charge on any atom is -0.449 e. The van der Waals surface area contributed by atoms with E-state index in [1.165, 1.54) is 38.1 Å². The highest BCUT2D eigenvalue weighted by Gasteiger charge is 2.24. The Labute approximate surface area is 142 Å². The second-order valence-corrected chi connectivity index (χ2v) is 5.27. The van der Waals surface area contributed by atoms with Crippen molar-refractivity contribution in [3.63, 3.8) is 0 Å². The summed E-state index contributed by atoms with van der Waals surface area (Å²) in [5, 5.41) is 2.48. The summed E-state index contributed by atoms with van der Waals surface area (Å²) in [5.41, 5.74) is 0.00966. The van der Waals surface area contributed by atoms with E-state index >= 15 is 0 Å². The third kappa shape index (κ3) is 4.47. The largest absolute Gasteiger partial charge is 0.449 e. The van der Waals surface area contributed by atoms with Crippen LogP contribution in [0.5, 0.6) is 0 Å². The van der Waals surface area contributed by atoms with Crippen LogP contribution >= 0.6 is 0 Å². The van der Waals surface area contributed by atoms with E-state index < -0.39 is 35.2 Å². The highest BCUT2D eigenvalue weighted by Crippen LogP contribution is 2.15. The van der Waals surface area contributed by atoms with Crippen LogP contribution in [0.25, 0.3) is 0 Å². The topological polar surface area (TPSA) is 72.5 Å². The molecule has 2 rings (SSSR count). The summed E-state index contributed by atoms with van der Waals surface area (Å²) in [5.74, 6) is -4.22. The molecule has 0 fully saturated rings. The van der Waals surface area contributed by atoms with Crippen molar-refractivity contribution < 1.29 is 27.9 Å². The maximum absolute atomic E-state index is 13.5. The average molecular weight is 347 g/mol. The molecule has 0 aliphatic carbocycles. The standard InChI is InChI=1S/C18H15F2NO4/c1-10(22)12-6-8-13(9-7-12)21-17(23)11(2)25-18(24)16-14(19)4-3-5-15(16)20/h3-9,11H,1-2H3,(H,21,23)/t11-/m0/s1. The number of Topliss-reactive ketones (excluding diaryl/α,β-unsaturated/α-hetero) is 1. The second kappa shape index (κ2) is 7.65. The zero-order chi connectivity index (χ0) is 18.6. The number of esters is 1. The first-order valence-corrected chi connectivity index (χ1v) is 7.36. The normalized spacial score (nSPS) is 11.5. The van der Waals surface area contributed by atoms with Gasteiger partial charge in [0.05, 0.1) is 0 Å². The van der Waals surface area contributed by atoms with Crippen molar-refractivity contribution in [2.24, 2.45) is 0 Å².